The van der Waals surface area contributed by atoms with Crippen molar-refractivity contribution in [2.45, 2.75) is 27.2 Å². The number of carbonyl (C=O) groups is 2. The number of amides is 2. The number of thiophene rings is 1. The van der Waals surface area contributed by atoms with Gasteiger partial charge in [-0.1, -0.05) is 25.2 Å². The first kappa shape index (κ1) is 18.3. The smallest absolute Gasteiger partial charge is 0.291 e. The Labute approximate surface area is 158 Å². The molecule has 0 aliphatic carbocycles. The van der Waals surface area contributed by atoms with Gasteiger partial charge in [-0.25, -0.2) is 0 Å². The van der Waals surface area contributed by atoms with E-state index in [-0.39, 0.29) is 17.6 Å². The molecule has 0 aliphatic rings. The van der Waals surface area contributed by atoms with Crippen LogP contribution in [0.4, 0.5) is 10.1 Å². The van der Waals surface area contributed by atoms with Gasteiger partial charge in [-0.15, -0.1) is 21.5 Å². The lowest BCUT2D eigenvalue weighted by molar-refractivity contribution is 0.0995. The second kappa shape index (κ2) is 7.79. The van der Waals surface area contributed by atoms with Crippen LogP contribution in [0.2, 0.25) is 0 Å². The minimum Gasteiger partial charge on any atom is -0.459 e. The maximum atomic E-state index is 12.5. The quantitative estimate of drug-likeness (QED) is 0.657. The number of nitrogens with zero attached hydrogens (tertiary/aromatic N) is 2. The molecule has 2 N–H and O–H groups in total. The second-order valence-corrected chi connectivity index (χ2v) is 8.22. The lowest BCUT2D eigenvalue weighted by Gasteiger charge is -2.00. The van der Waals surface area contributed by atoms with Crippen molar-refractivity contribution in [3.63, 3.8) is 0 Å². The number of anilines is 2. The fourth-order valence-electron chi connectivity index (χ4n) is 2.24. The third-order valence-corrected chi connectivity index (χ3v) is 5.39. The van der Waals surface area contributed by atoms with Gasteiger partial charge in [0.05, 0.1) is 16.1 Å². The van der Waals surface area contributed by atoms with E-state index in [1.54, 1.807) is 18.2 Å². The molecule has 3 heterocycles. The standard InChI is InChI=1S/C17H18N4O3S2/c1-9(2)7-13-20-21-17(26-13)19-16(23)14-10(3)8-12(25-14)18-15(22)11-5-4-6-24-11/h4-6,8-9H,7H2,1-3H3,(H,18,22)(H,19,21,23). The summed E-state index contributed by atoms with van der Waals surface area (Å²) in [5.74, 6) is 0.0730. The first-order valence-electron chi connectivity index (χ1n) is 8.01. The minimum atomic E-state index is -0.356. The fourth-order valence-corrected chi connectivity index (χ4v) is 4.15. The van der Waals surface area contributed by atoms with Gasteiger partial charge in [0.15, 0.2) is 5.76 Å². The summed E-state index contributed by atoms with van der Waals surface area (Å²) in [6.07, 6.45) is 2.26. The molecule has 0 unspecified atom stereocenters. The SMILES string of the molecule is Cc1cc(NC(=O)c2ccco2)sc1C(=O)Nc1nnc(CC(C)C)s1. The van der Waals surface area contributed by atoms with Crippen LogP contribution in [0.25, 0.3) is 0 Å². The van der Waals surface area contributed by atoms with Crippen molar-refractivity contribution in [1.29, 1.82) is 0 Å². The summed E-state index contributed by atoms with van der Waals surface area (Å²) in [5.41, 5.74) is 0.772. The molecule has 0 atom stereocenters. The highest BCUT2D eigenvalue weighted by atomic mass is 32.1. The number of aromatic nitrogens is 2. The van der Waals surface area contributed by atoms with Crippen molar-refractivity contribution in [2.24, 2.45) is 5.92 Å². The van der Waals surface area contributed by atoms with E-state index in [0.29, 0.717) is 20.9 Å². The molecule has 0 bridgehead atoms. The number of hydrogen-bond acceptors (Lipinski definition) is 7. The van der Waals surface area contributed by atoms with Crippen LogP contribution < -0.4 is 10.6 Å². The Bertz CT molecular complexity index is 912. The predicted octanol–water partition coefficient (Wildman–Crippen LogP) is 4.20. The molecule has 0 saturated heterocycles. The lowest BCUT2D eigenvalue weighted by Crippen LogP contribution is -2.11. The largest absolute Gasteiger partial charge is 0.459 e. The van der Waals surface area contributed by atoms with Crippen molar-refractivity contribution in [2.75, 3.05) is 10.6 Å². The molecule has 0 spiro atoms. The molecule has 0 aliphatic heterocycles. The summed E-state index contributed by atoms with van der Waals surface area (Å²) in [7, 11) is 0. The van der Waals surface area contributed by atoms with Crippen LogP contribution in [-0.4, -0.2) is 22.0 Å². The number of carbonyl (C=O) groups excluding carboxylic acids is 2. The zero-order valence-corrected chi connectivity index (χ0v) is 16.2. The van der Waals surface area contributed by atoms with Crippen LogP contribution in [0.1, 0.15) is 44.6 Å². The average molecular weight is 390 g/mol. The van der Waals surface area contributed by atoms with Gasteiger partial charge >= 0.3 is 0 Å². The van der Waals surface area contributed by atoms with Crippen LogP contribution in [0.15, 0.2) is 28.9 Å². The Morgan fingerprint density at radius 2 is 2.00 bits per heavy atom. The van der Waals surface area contributed by atoms with E-state index in [1.165, 1.54) is 28.9 Å². The summed E-state index contributed by atoms with van der Waals surface area (Å²) in [6.45, 7) is 6.03. The van der Waals surface area contributed by atoms with E-state index in [1.807, 2.05) is 6.92 Å². The number of nitrogens with one attached hydrogen (secondary N) is 2. The molecule has 2 amide bonds. The molecule has 9 heteroatoms. The average Bonchev–Trinajstić information content (AvgIpc) is 3.28. The second-order valence-electron chi connectivity index (χ2n) is 6.11. The van der Waals surface area contributed by atoms with Crippen molar-refractivity contribution in [1.82, 2.24) is 10.2 Å². The zero-order valence-electron chi connectivity index (χ0n) is 14.5. The Morgan fingerprint density at radius 3 is 2.69 bits per heavy atom. The first-order chi connectivity index (χ1) is 12.4. The van der Waals surface area contributed by atoms with E-state index >= 15 is 0 Å². The summed E-state index contributed by atoms with van der Waals surface area (Å²) in [4.78, 5) is 25.0. The van der Waals surface area contributed by atoms with E-state index in [9.17, 15) is 9.59 Å². The van der Waals surface area contributed by atoms with Crippen LogP contribution in [0.5, 0.6) is 0 Å². The van der Waals surface area contributed by atoms with Gasteiger partial charge < -0.3 is 9.73 Å². The topological polar surface area (TPSA) is 97.1 Å². The summed E-state index contributed by atoms with van der Waals surface area (Å²) < 4.78 is 5.06. The molecule has 3 aromatic rings. The monoisotopic (exact) mass is 390 g/mol. The van der Waals surface area contributed by atoms with Crippen LogP contribution >= 0.6 is 22.7 Å². The van der Waals surface area contributed by atoms with Crippen molar-refractivity contribution < 1.29 is 14.0 Å². The van der Waals surface area contributed by atoms with E-state index < -0.39 is 0 Å². The summed E-state index contributed by atoms with van der Waals surface area (Å²) >= 11 is 2.57. The summed E-state index contributed by atoms with van der Waals surface area (Å²) in [6, 6.07) is 4.97. The van der Waals surface area contributed by atoms with Crippen molar-refractivity contribution >= 4 is 44.6 Å². The molecule has 0 aromatic carbocycles. The van der Waals surface area contributed by atoms with Crippen LogP contribution in [0.3, 0.4) is 0 Å². The molecular weight excluding hydrogens is 372 g/mol. The molecule has 26 heavy (non-hydrogen) atoms. The Kier molecular flexibility index (Phi) is 5.48. The van der Waals surface area contributed by atoms with Gasteiger partial charge in [0, 0.05) is 6.42 Å². The third kappa shape index (κ3) is 4.36. The Morgan fingerprint density at radius 1 is 1.19 bits per heavy atom. The zero-order chi connectivity index (χ0) is 18.7. The van der Waals surface area contributed by atoms with Gasteiger partial charge in [0.1, 0.15) is 5.01 Å². The predicted molar refractivity (Wildman–Crippen MR) is 102 cm³/mol. The Hall–Kier alpha value is -2.52. The highest BCUT2D eigenvalue weighted by Crippen LogP contribution is 2.28. The van der Waals surface area contributed by atoms with Crippen molar-refractivity contribution in [3.8, 4) is 0 Å². The number of furan rings is 1. The highest BCUT2D eigenvalue weighted by Gasteiger charge is 2.18. The number of aryl methyl sites for hydroxylation is 1. The molecule has 136 valence electrons. The van der Waals surface area contributed by atoms with E-state index in [2.05, 4.69) is 34.7 Å². The number of rotatable bonds is 6. The third-order valence-electron chi connectivity index (χ3n) is 3.38. The van der Waals surface area contributed by atoms with Crippen molar-refractivity contribution in [3.05, 3.63) is 45.7 Å². The van der Waals surface area contributed by atoms with Gasteiger partial charge in [-0.3, -0.25) is 14.9 Å². The van der Waals surface area contributed by atoms with Gasteiger partial charge in [-0.2, -0.15) is 0 Å². The van der Waals surface area contributed by atoms with Gasteiger partial charge in [-0.05, 0) is 36.6 Å². The molecule has 7 nitrogen and oxygen atoms in total. The van der Waals surface area contributed by atoms with E-state index in [0.717, 1.165) is 17.0 Å². The van der Waals surface area contributed by atoms with Crippen LogP contribution in [-0.2, 0) is 6.42 Å². The molecule has 3 rings (SSSR count). The minimum absolute atomic E-state index is 0.216. The number of hydrogen-bond donors (Lipinski definition) is 2. The van der Waals surface area contributed by atoms with Gasteiger partial charge in [0.2, 0.25) is 5.13 Å². The molecule has 0 saturated carbocycles. The molecule has 0 fully saturated rings. The molecule has 0 radical (unpaired) electrons. The maximum Gasteiger partial charge on any atom is 0.291 e. The molecule has 3 aromatic heterocycles. The normalized spacial score (nSPS) is 10.9. The maximum absolute atomic E-state index is 12.5. The highest BCUT2D eigenvalue weighted by molar-refractivity contribution is 7.18. The first-order valence-corrected chi connectivity index (χ1v) is 9.64. The van der Waals surface area contributed by atoms with Gasteiger partial charge in [0.25, 0.3) is 11.8 Å². The summed E-state index contributed by atoms with van der Waals surface area (Å²) in [5, 5.41) is 15.5. The fraction of sp³-hybridized carbons (Fsp3) is 0.294. The van der Waals surface area contributed by atoms with E-state index in [4.69, 9.17) is 4.42 Å². The Balaban J connectivity index is 1.67. The van der Waals surface area contributed by atoms with Crippen LogP contribution in [0, 0.1) is 12.8 Å². The molecular formula is C17H18N4O3S2. The lowest BCUT2D eigenvalue weighted by atomic mass is 10.1.